The molecule has 0 fully saturated rings. The molecular weight excluding hydrogens is 351 g/mol. The monoisotopic (exact) mass is 381 g/mol. The van der Waals surface area contributed by atoms with Gasteiger partial charge in [0.1, 0.15) is 12.4 Å². The average molecular weight is 381 g/mol. The molecule has 0 spiro atoms. The fourth-order valence-electron chi connectivity index (χ4n) is 2.13. The third kappa shape index (κ3) is 14.7. The standard InChI is InChI=1S/C18H30O5S.Na/c1-2-3-4-5-6-10-13-23-24(19,20)17-16-21-14-15-22-18-11-8-7-9-12-18;/h7-9,11-12H,2-6,10,13-17H2,1H3;. The molecule has 0 N–H and O–H groups in total. The van der Waals surface area contributed by atoms with Crippen LogP contribution in [0.1, 0.15) is 45.4 Å². The van der Waals surface area contributed by atoms with E-state index in [2.05, 4.69) is 6.92 Å². The summed E-state index contributed by atoms with van der Waals surface area (Å²) < 4.78 is 39.1. The van der Waals surface area contributed by atoms with Crippen LogP contribution in [-0.4, -0.2) is 70.2 Å². The third-order valence-corrected chi connectivity index (χ3v) is 4.67. The maximum Gasteiger partial charge on any atom is 0.269 e. The van der Waals surface area contributed by atoms with Crippen molar-refractivity contribution < 1.29 is 22.1 Å². The molecule has 1 aromatic carbocycles. The Bertz CT molecular complexity index is 507. The Morgan fingerprint density at radius 2 is 1.52 bits per heavy atom. The van der Waals surface area contributed by atoms with E-state index in [1.807, 2.05) is 30.3 Å². The van der Waals surface area contributed by atoms with Crippen molar-refractivity contribution in [3.05, 3.63) is 30.3 Å². The molecule has 25 heavy (non-hydrogen) atoms. The number of rotatable bonds is 15. The van der Waals surface area contributed by atoms with Gasteiger partial charge in [0.15, 0.2) is 0 Å². The number of benzene rings is 1. The first-order chi connectivity index (χ1) is 11.6. The molecule has 0 bridgehead atoms. The van der Waals surface area contributed by atoms with Gasteiger partial charge in [0.2, 0.25) is 0 Å². The van der Waals surface area contributed by atoms with E-state index in [-0.39, 0.29) is 48.5 Å². The van der Waals surface area contributed by atoms with Crippen molar-refractivity contribution in [3.8, 4) is 5.75 Å². The minimum Gasteiger partial charge on any atom is -0.491 e. The van der Waals surface area contributed by atoms with Crippen LogP contribution in [0.5, 0.6) is 5.75 Å². The van der Waals surface area contributed by atoms with Crippen LogP contribution in [-0.2, 0) is 19.0 Å². The van der Waals surface area contributed by atoms with Gasteiger partial charge in [-0.15, -0.1) is 0 Å². The zero-order valence-electron chi connectivity index (χ0n) is 15.6. The molecule has 0 aliphatic rings. The third-order valence-electron chi connectivity index (χ3n) is 3.48. The first-order valence-electron chi connectivity index (χ1n) is 8.77. The summed E-state index contributed by atoms with van der Waals surface area (Å²) in [7, 11) is -3.48. The van der Waals surface area contributed by atoms with Crippen molar-refractivity contribution in [1.29, 1.82) is 0 Å². The van der Waals surface area contributed by atoms with Crippen LogP contribution < -0.4 is 4.74 Å². The largest absolute Gasteiger partial charge is 0.491 e. The van der Waals surface area contributed by atoms with Crippen LogP contribution in [0, 0.1) is 0 Å². The van der Waals surface area contributed by atoms with Crippen LogP contribution in [0.15, 0.2) is 30.3 Å². The maximum atomic E-state index is 11.7. The molecule has 139 valence electrons. The van der Waals surface area contributed by atoms with Gasteiger partial charge < -0.3 is 9.47 Å². The van der Waals surface area contributed by atoms with Crippen molar-refractivity contribution in [2.24, 2.45) is 0 Å². The van der Waals surface area contributed by atoms with Gasteiger partial charge in [0.25, 0.3) is 10.1 Å². The Kier molecular flexibility index (Phi) is 16.0. The summed E-state index contributed by atoms with van der Waals surface area (Å²) in [4.78, 5) is 0. The quantitative estimate of drug-likeness (QED) is 0.265. The summed E-state index contributed by atoms with van der Waals surface area (Å²) in [5.74, 6) is 0.657. The van der Waals surface area contributed by atoms with Crippen LogP contribution in [0.3, 0.4) is 0 Å². The molecule has 0 atom stereocenters. The van der Waals surface area contributed by atoms with Crippen molar-refractivity contribution >= 4 is 39.7 Å². The number of para-hydroxylation sites is 1. The van der Waals surface area contributed by atoms with Crippen LogP contribution >= 0.6 is 0 Å². The molecule has 0 unspecified atom stereocenters. The molecule has 0 saturated heterocycles. The second kappa shape index (κ2) is 16.1. The topological polar surface area (TPSA) is 61.8 Å². The number of hydrogen-bond acceptors (Lipinski definition) is 5. The normalized spacial score (nSPS) is 11.1. The minimum absolute atomic E-state index is 0. The molecule has 0 heterocycles. The van der Waals surface area contributed by atoms with E-state index in [0.29, 0.717) is 13.2 Å². The van der Waals surface area contributed by atoms with Crippen LogP contribution in [0.2, 0.25) is 0 Å². The second-order valence-electron chi connectivity index (χ2n) is 5.63. The molecule has 0 aromatic heterocycles. The Morgan fingerprint density at radius 1 is 0.840 bits per heavy atom. The Hall–Kier alpha value is -0.110. The number of hydrogen-bond donors (Lipinski definition) is 0. The summed E-state index contributed by atoms with van der Waals surface area (Å²) >= 11 is 0. The maximum absolute atomic E-state index is 11.7. The van der Waals surface area contributed by atoms with Gasteiger partial charge in [-0.25, -0.2) is 0 Å². The fourth-order valence-corrected chi connectivity index (χ4v) is 2.94. The van der Waals surface area contributed by atoms with E-state index in [4.69, 9.17) is 13.7 Å². The number of ether oxygens (including phenoxy) is 2. The molecule has 0 aliphatic carbocycles. The molecule has 0 aliphatic heterocycles. The zero-order chi connectivity index (χ0) is 17.5. The Labute approximate surface area is 174 Å². The van der Waals surface area contributed by atoms with E-state index in [1.165, 1.54) is 19.3 Å². The van der Waals surface area contributed by atoms with Gasteiger partial charge in [0.05, 0.1) is 25.6 Å². The molecule has 7 heteroatoms. The summed E-state index contributed by atoms with van der Waals surface area (Å²) in [6, 6.07) is 9.42. The SMILES string of the molecule is CCCCCCCCOS(=O)(=O)CCOCCOc1ccccc1.[Na]. The van der Waals surface area contributed by atoms with Crippen molar-refractivity contribution in [3.63, 3.8) is 0 Å². The van der Waals surface area contributed by atoms with Gasteiger partial charge >= 0.3 is 0 Å². The van der Waals surface area contributed by atoms with Gasteiger partial charge in [-0.1, -0.05) is 57.2 Å². The summed E-state index contributed by atoms with van der Waals surface area (Å²) in [5, 5.41) is 0. The van der Waals surface area contributed by atoms with Crippen molar-refractivity contribution in [1.82, 2.24) is 0 Å². The van der Waals surface area contributed by atoms with Crippen molar-refractivity contribution in [2.75, 3.05) is 32.2 Å². The molecule has 1 radical (unpaired) electrons. The Morgan fingerprint density at radius 3 is 2.24 bits per heavy atom. The molecule has 5 nitrogen and oxygen atoms in total. The molecule has 0 saturated carbocycles. The fraction of sp³-hybridized carbons (Fsp3) is 0.667. The molecule has 1 aromatic rings. The Balaban J connectivity index is 0.00000576. The summed E-state index contributed by atoms with van der Waals surface area (Å²) in [5.41, 5.74) is 0. The van der Waals surface area contributed by atoms with Gasteiger partial charge in [-0.3, -0.25) is 4.18 Å². The predicted octanol–water partition coefficient (Wildman–Crippen LogP) is 3.41. The molecule has 0 amide bonds. The predicted molar refractivity (Wildman–Crippen MR) is 102 cm³/mol. The van der Waals surface area contributed by atoms with E-state index in [9.17, 15) is 8.42 Å². The van der Waals surface area contributed by atoms with Gasteiger partial charge in [-0.2, -0.15) is 8.42 Å². The minimum atomic E-state index is -3.48. The first-order valence-corrected chi connectivity index (χ1v) is 10.3. The molecule has 1 rings (SSSR count). The summed E-state index contributed by atoms with van der Waals surface area (Å²) in [6.07, 6.45) is 6.60. The van der Waals surface area contributed by atoms with E-state index < -0.39 is 10.1 Å². The smallest absolute Gasteiger partial charge is 0.269 e. The number of unbranched alkanes of at least 4 members (excludes halogenated alkanes) is 5. The van der Waals surface area contributed by atoms with Gasteiger partial charge in [-0.05, 0) is 18.6 Å². The second-order valence-corrected chi connectivity index (χ2v) is 7.38. The van der Waals surface area contributed by atoms with Gasteiger partial charge in [0, 0.05) is 29.6 Å². The average Bonchev–Trinajstić information content (AvgIpc) is 2.58. The zero-order valence-corrected chi connectivity index (χ0v) is 18.4. The van der Waals surface area contributed by atoms with Crippen molar-refractivity contribution in [2.45, 2.75) is 45.4 Å². The van der Waals surface area contributed by atoms with E-state index >= 15 is 0 Å². The van der Waals surface area contributed by atoms with Crippen LogP contribution in [0.25, 0.3) is 0 Å². The van der Waals surface area contributed by atoms with Crippen LogP contribution in [0.4, 0.5) is 0 Å². The first kappa shape index (κ1) is 24.9. The summed E-state index contributed by atoms with van der Waals surface area (Å²) in [6.45, 7) is 3.30. The van der Waals surface area contributed by atoms with E-state index in [0.717, 1.165) is 25.0 Å². The molecular formula is C18H30NaO5S. The van der Waals surface area contributed by atoms with E-state index in [1.54, 1.807) is 0 Å².